The summed E-state index contributed by atoms with van der Waals surface area (Å²) in [6, 6.07) is 15.5. The van der Waals surface area contributed by atoms with Gasteiger partial charge in [0, 0.05) is 21.4 Å². The molecule has 1 amide bonds. The number of H-pyrrole nitrogens is 1. The number of rotatable bonds is 5. The zero-order chi connectivity index (χ0) is 19.4. The highest BCUT2D eigenvalue weighted by Gasteiger charge is 2.19. The second kappa shape index (κ2) is 7.61. The molecule has 0 atom stereocenters. The molecule has 0 radical (unpaired) electrons. The molecule has 27 heavy (non-hydrogen) atoms. The Bertz CT molecular complexity index is 1080. The second-order valence-corrected chi connectivity index (χ2v) is 5.84. The van der Waals surface area contributed by atoms with E-state index in [1.54, 1.807) is 37.3 Å². The quantitative estimate of drug-likeness (QED) is 0.413. The second-order valence-electron chi connectivity index (χ2n) is 5.84. The Kier molecular flexibility index (Phi) is 5.07. The van der Waals surface area contributed by atoms with Crippen molar-refractivity contribution in [2.45, 2.75) is 6.92 Å². The highest BCUT2D eigenvalue weighted by molar-refractivity contribution is 5.98. The van der Waals surface area contributed by atoms with Gasteiger partial charge in [0.2, 0.25) is 0 Å². The molecule has 3 aromatic rings. The van der Waals surface area contributed by atoms with Gasteiger partial charge in [-0.15, -0.1) is 0 Å². The van der Waals surface area contributed by atoms with Gasteiger partial charge >= 0.3 is 0 Å². The van der Waals surface area contributed by atoms with Crippen LogP contribution in [0.4, 0.5) is 5.69 Å². The molecule has 0 unspecified atom stereocenters. The van der Waals surface area contributed by atoms with Crippen molar-refractivity contribution < 1.29 is 9.55 Å². The van der Waals surface area contributed by atoms with Gasteiger partial charge in [-0.1, -0.05) is 30.3 Å². The van der Waals surface area contributed by atoms with Crippen LogP contribution in [0.3, 0.4) is 0 Å². The van der Waals surface area contributed by atoms with Crippen LogP contribution in [0.5, 0.6) is 0 Å². The third-order valence-corrected chi connectivity index (χ3v) is 3.98. The van der Waals surface area contributed by atoms with Crippen molar-refractivity contribution in [2.75, 3.05) is 7.05 Å². The SMILES string of the molecule is Cc1[nH]n(-c2ccccc2)c(=O)c1C=NNC(=O)c1ccccc1[N+](C)=O. The molecule has 3 rings (SSSR count). The van der Waals surface area contributed by atoms with E-state index < -0.39 is 5.91 Å². The number of nitrogens with zero attached hydrogens (tertiary/aromatic N) is 3. The molecule has 0 aliphatic heterocycles. The van der Waals surface area contributed by atoms with Crippen molar-refractivity contribution in [1.82, 2.24) is 15.2 Å². The Hall–Kier alpha value is -3.81. The van der Waals surface area contributed by atoms with Crippen molar-refractivity contribution in [2.24, 2.45) is 5.10 Å². The van der Waals surface area contributed by atoms with E-state index in [0.717, 1.165) is 0 Å². The lowest BCUT2D eigenvalue weighted by Gasteiger charge is -2.00. The van der Waals surface area contributed by atoms with Crippen LogP contribution in [0.2, 0.25) is 0 Å². The topological polar surface area (TPSA) is 99.3 Å². The van der Waals surface area contributed by atoms with Crippen molar-refractivity contribution in [3.8, 4) is 5.69 Å². The number of aromatic nitrogens is 2. The van der Waals surface area contributed by atoms with Gasteiger partial charge in [0.1, 0.15) is 5.56 Å². The smallest absolute Gasteiger partial charge is 0.280 e. The van der Waals surface area contributed by atoms with Crippen molar-refractivity contribution >= 4 is 17.8 Å². The van der Waals surface area contributed by atoms with E-state index in [0.29, 0.717) is 21.7 Å². The molecule has 0 aliphatic rings. The molecule has 0 bridgehead atoms. The minimum absolute atomic E-state index is 0.194. The molecule has 1 aromatic heterocycles. The monoisotopic (exact) mass is 364 g/mol. The zero-order valence-electron chi connectivity index (χ0n) is 14.8. The summed E-state index contributed by atoms with van der Waals surface area (Å²) in [5, 5.41) is 6.84. The minimum Gasteiger partial charge on any atom is -0.295 e. The molecule has 8 heteroatoms. The number of hydrogen-bond donors (Lipinski definition) is 2. The molecule has 136 valence electrons. The molecule has 2 N–H and O–H groups in total. The lowest BCUT2D eigenvalue weighted by atomic mass is 10.1. The summed E-state index contributed by atoms with van der Waals surface area (Å²) < 4.78 is 2.01. The average molecular weight is 364 g/mol. The lowest BCUT2D eigenvalue weighted by Crippen LogP contribution is -2.21. The number of aromatic amines is 1. The minimum atomic E-state index is -0.541. The Morgan fingerprint density at radius 3 is 2.52 bits per heavy atom. The van der Waals surface area contributed by atoms with E-state index in [9.17, 15) is 14.5 Å². The fourth-order valence-corrected chi connectivity index (χ4v) is 2.63. The number of aryl methyl sites for hydroxylation is 1. The fraction of sp³-hybridized carbons (Fsp3) is 0.105. The first-order valence-corrected chi connectivity index (χ1v) is 8.19. The molecular weight excluding hydrogens is 346 g/mol. The number of carbonyl (C=O) groups is 1. The zero-order valence-corrected chi connectivity index (χ0v) is 14.8. The maximum absolute atomic E-state index is 12.6. The maximum atomic E-state index is 12.6. The molecule has 8 nitrogen and oxygen atoms in total. The van der Waals surface area contributed by atoms with Crippen LogP contribution in [-0.4, -0.2) is 33.7 Å². The summed E-state index contributed by atoms with van der Waals surface area (Å²) in [6.07, 6.45) is 1.29. The average Bonchev–Trinajstić information content (AvgIpc) is 2.96. The third kappa shape index (κ3) is 3.74. The summed E-state index contributed by atoms with van der Waals surface area (Å²) in [5.74, 6) is -0.541. The van der Waals surface area contributed by atoms with Crippen LogP contribution in [-0.2, 0) is 0 Å². The molecule has 0 saturated heterocycles. The largest absolute Gasteiger partial charge is 0.295 e. The molecule has 2 aromatic carbocycles. The van der Waals surface area contributed by atoms with Crippen molar-refractivity contribution in [3.63, 3.8) is 0 Å². The standard InChI is InChI=1S/C19H17N5O3/c1-13-16(19(26)24(22-13)14-8-4-3-5-9-14)12-20-21-18(25)15-10-6-7-11-17(15)23(2)27/h3-12H,1-2H3,(H-,20,21,22,25,26,27)/p+1. The number of benzene rings is 2. The number of nitrogens with one attached hydrogen (secondary N) is 2. The number of hydrazone groups is 1. The van der Waals surface area contributed by atoms with Crippen LogP contribution in [0.25, 0.3) is 5.69 Å². The molecule has 0 spiro atoms. The van der Waals surface area contributed by atoms with Crippen LogP contribution in [0, 0.1) is 11.8 Å². The molecule has 0 saturated carbocycles. The first-order chi connectivity index (χ1) is 13.0. The highest BCUT2D eigenvalue weighted by atomic mass is 16.3. The van der Waals surface area contributed by atoms with Crippen LogP contribution >= 0.6 is 0 Å². The van der Waals surface area contributed by atoms with Gasteiger partial charge in [-0.25, -0.2) is 10.1 Å². The van der Waals surface area contributed by atoms with Crippen LogP contribution < -0.4 is 11.0 Å². The van der Waals surface area contributed by atoms with Gasteiger partial charge in [-0.3, -0.25) is 14.7 Å². The third-order valence-electron chi connectivity index (χ3n) is 3.98. The van der Waals surface area contributed by atoms with Gasteiger partial charge < -0.3 is 0 Å². The van der Waals surface area contributed by atoms with Crippen molar-refractivity contribution in [3.05, 3.63) is 86.7 Å². The summed E-state index contributed by atoms with van der Waals surface area (Å²) in [7, 11) is 1.31. The summed E-state index contributed by atoms with van der Waals surface area (Å²) in [5.41, 5.74) is 4.13. The molecular formula is C19H18N5O3+. The van der Waals surface area contributed by atoms with E-state index in [1.807, 2.05) is 18.2 Å². The van der Waals surface area contributed by atoms with Crippen molar-refractivity contribution in [1.29, 1.82) is 0 Å². The number of carbonyl (C=O) groups excluding carboxylic acids is 1. The fourth-order valence-electron chi connectivity index (χ4n) is 2.63. The molecule has 0 aliphatic carbocycles. The number of hydrogen-bond acceptors (Lipinski definition) is 4. The Balaban J connectivity index is 1.82. The lowest BCUT2D eigenvalue weighted by molar-refractivity contribution is -0.428. The Morgan fingerprint density at radius 1 is 1.15 bits per heavy atom. The van der Waals surface area contributed by atoms with E-state index in [-0.39, 0.29) is 16.8 Å². The summed E-state index contributed by atoms with van der Waals surface area (Å²) in [6.45, 7) is 1.74. The van der Waals surface area contributed by atoms with Gasteiger partial charge in [-0.05, 0) is 25.1 Å². The van der Waals surface area contributed by atoms with Gasteiger partial charge in [0.25, 0.3) is 17.2 Å². The van der Waals surface area contributed by atoms with E-state index >= 15 is 0 Å². The Morgan fingerprint density at radius 2 is 1.81 bits per heavy atom. The van der Waals surface area contributed by atoms with Gasteiger partial charge in [0.05, 0.1) is 17.5 Å². The first kappa shape index (κ1) is 18.0. The predicted octanol–water partition coefficient (Wildman–Crippen LogP) is 2.28. The molecule has 1 heterocycles. The normalized spacial score (nSPS) is 10.9. The van der Waals surface area contributed by atoms with Gasteiger partial charge in [0.15, 0.2) is 7.05 Å². The molecule has 0 fully saturated rings. The maximum Gasteiger partial charge on any atom is 0.280 e. The first-order valence-electron chi connectivity index (χ1n) is 8.19. The van der Waals surface area contributed by atoms with E-state index in [1.165, 1.54) is 24.0 Å². The van der Waals surface area contributed by atoms with E-state index in [4.69, 9.17) is 0 Å². The van der Waals surface area contributed by atoms with E-state index in [2.05, 4.69) is 15.6 Å². The summed E-state index contributed by atoms with van der Waals surface area (Å²) >= 11 is 0. The number of nitroso groups, excluding NO2 is 1. The predicted molar refractivity (Wildman–Crippen MR) is 102 cm³/mol. The summed E-state index contributed by atoms with van der Waals surface area (Å²) in [4.78, 5) is 36.4. The van der Waals surface area contributed by atoms with Crippen LogP contribution in [0.1, 0.15) is 21.6 Å². The number of para-hydroxylation sites is 2. The van der Waals surface area contributed by atoms with Gasteiger partial charge in [-0.2, -0.15) is 5.10 Å². The highest BCUT2D eigenvalue weighted by Crippen LogP contribution is 2.16. The Labute approximate surface area is 154 Å². The van der Waals surface area contributed by atoms with Crippen LogP contribution in [0.15, 0.2) is 64.5 Å². The number of amides is 1.